The zero-order chi connectivity index (χ0) is 14.4. The van der Waals surface area contributed by atoms with E-state index in [-0.39, 0.29) is 12.5 Å². The average molecular weight is 277 g/mol. The highest BCUT2D eigenvalue weighted by atomic mass is 16.5. The molecular formula is C16H23NO3. The van der Waals surface area contributed by atoms with Gasteiger partial charge in [0.05, 0.1) is 6.10 Å². The van der Waals surface area contributed by atoms with Gasteiger partial charge in [-0.3, -0.25) is 4.79 Å². The molecule has 1 aromatic carbocycles. The number of aliphatic hydroxyl groups excluding tert-OH is 1. The van der Waals surface area contributed by atoms with Gasteiger partial charge in [0.1, 0.15) is 5.75 Å². The largest absolute Gasteiger partial charge is 0.483 e. The van der Waals surface area contributed by atoms with Gasteiger partial charge in [0.25, 0.3) is 5.91 Å². The first-order valence-corrected chi connectivity index (χ1v) is 7.40. The Hall–Kier alpha value is -1.55. The summed E-state index contributed by atoms with van der Waals surface area (Å²) in [7, 11) is 0. The number of aliphatic hydroxyl groups is 1. The number of piperidine rings is 1. The van der Waals surface area contributed by atoms with Gasteiger partial charge in [-0.1, -0.05) is 25.1 Å². The van der Waals surface area contributed by atoms with Crippen molar-refractivity contribution in [2.75, 3.05) is 19.7 Å². The molecule has 20 heavy (non-hydrogen) atoms. The first-order chi connectivity index (χ1) is 9.72. The number of amides is 1. The minimum atomic E-state index is -0.545. The normalized spacial score (nSPS) is 16.8. The van der Waals surface area contributed by atoms with Gasteiger partial charge in [0.2, 0.25) is 0 Å². The SMILES string of the molecule is CC[C@@H](O)c1ccccc1OCC(=O)N1CCCCC1. The highest BCUT2D eigenvalue weighted by Crippen LogP contribution is 2.26. The second-order valence-corrected chi connectivity index (χ2v) is 5.19. The van der Waals surface area contributed by atoms with E-state index in [1.165, 1.54) is 6.42 Å². The first-order valence-electron chi connectivity index (χ1n) is 7.40. The third kappa shape index (κ3) is 3.73. The van der Waals surface area contributed by atoms with E-state index < -0.39 is 6.10 Å². The van der Waals surface area contributed by atoms with E-state index in [1.54, 1.807) is 6.07 Å². The Labute approximate surface area is 120 Å². The fraction of sp³-hybridized carbons (Fsp3) is 0.562. The van der Waals surface area contributed by atoms with Crippen LogP contribution in [-0.2, 0) is 4.79 Å². The van der Waals surface area contributed by atoms with E-state index in [0.29, 0.717) is 12.2 Å². The van der Waals surface area contributed by atoms with Crippen molar-refractivity contribution in [3.8, 4) is 5.75 Å². The first kappa shape index (κ1) is 14.9. The van der Waals surface area contributed by atoms with Crippen LogP contribution in [0, 0.1) is 0 Å². The van der Waals surface area contributed by atoms with Gasteiger partial charge in [0, 0.05) is 18.7 Å². The number of hydrogen-bond donors (Lipinski definition) is 1. The Morgan fingerprint density at radius 2 is 2.00 bits per heavy atom. The number of hydrogen-bond acceptors (Lipinski definition) is 3. The molecule has 1 aliphatic heterocycles. The number of para-hydroxylation sites is 1. The molecule has 0 unspecified atom stereocenters. The number of carbonyl (C=O) groups excluding carboxylic acids is 1. The van der Waals surface area contributed by atoms with Crippen molar-refractivity contribution in [3.05, 3.63) is 29.8 Å². The number of ether oxygens (including phenoxy) is 1. The van der Waals surface area contributed by atoms with Crippen LogP contribution in [0.1, 0.15) is 44.3 Å². The number of rotatable bonds is 5. The molecule has 4 heteroatoms. The molecule has 1 atom stereocenters. The molecule has 1 amide bonds. The summed E-state index contributed by atoms with van der Waals surface area (Å²) < 4.78 is 5.62. The van der Waals surface area contributed by atoms with E-state index >= 15 is 0 Å². The lowest BCUT2D eigenvalue weighted by molar-refractivity contribution is -0.134. The minimum absolute atomic E-state index is 0.0329. The molecule has 1 aliphatic rings. The zero-order valence-electron chi connectivity index (χ0n) is 12.0. The lowest BCUT2D eigenvalue weighted by Gasteiger charge is -2.26. The van der Waals surface area contributed by atoms with E-state index in [2.05, 4.69) is 0 Å². The molecule has 4 nitrogen and oxygen atoms in total. The molecule has 0 saturated carbocycles. The predicted molar refractivity (Wildman–Crippen MR) is 77.6 cm³/mol. The third-order valence-corrected chi connectivity index (χ3v) is 3.72. The van der Waals surface area contributed by atoms with Crippen LogP contribution in [-0.4, -0.2) is 35.6 Å². The number of benzene rings is 1. The van der Waals surface area contributed by atoms with Crippen molar-refractivity contribution in [1.29, 1.82) is 0 Å². The van der Waals surface area contributed by atoms with E-state index in [4.69, 9.17) is 4.74 Å². The maximum atomic E-state index is 12.1. The van der Waals surface area contributed by atoms with E-state index in [0.717, 1.165) is 31.5 Å². The molecule has 0 bridgehead atoms. The molecular weight excluding hydrogens is 254 g/mol. The highest BCUT2D eigenvalue weighted by Gasteiger charge is 2.18. The number of carbonyl (C=O) groups is 1. The van der Waals surface area contributed by atoms with Crippen molar-refractivity contribution < 1.29 is 14.6 Å². The van der Waals surface area contributed by atoms with Crippen LogP contribution in [0.15, 0.2) is 24.3 Å². The zero-order valence-corrected chi connectivity index (χ0v) is 12.0. The highest BCUT2D eigenvalue weighted by molar-refractivity contribution is 5.77. The van der Waals surface area contributed by atoms with Crippen molar-refractivity contribution in [2.45, 2.75) is 38.7 Å². The summed E-state index contributed by atoms with van der Waals surface area (Å²) in [6, 6.07) is 7.37. The topological polar surface area (TPSA) is 49.8 Å². The van der Waals surface area contributed by atoms with Gasteiger partial charge >= 0.3 is 0 Å². The van der Waals surface area contributed by atoms with Crippen LogP contribution >= 0.6 is 0 Å². The van der Waals surface area contributed by atoms with E-state index in [9.17, 15) is 9.90 Å². The Bertz CT molecular complexity index is 441. The molecule has 0 aliphatic carbocycles. The fourth-order valence-electron chi connectivity index (χ4n) is 2.48. The molecule has 1 N–H and O–H groups in total. The smallest absolute Gasteiger partial charge is 0.260 e. The van der Waals surface area contributed by atoms with Crippen LogP contribution in [0.2, 0.25) is 0 Å². The summed E-state index contributed by atoms with van der Waals surface area (Å²) in [5.74, 6) is 0.637. The van der Waals surface area contributed by atoms with Gasteiger partial charge in [-0.2, -0.15) is 0 Å². The van der Waals surface area contributed by atoms with Crippen molar-refractivity contribution in [3.63, 3.8) is 0 Å². The fourth-order valence-corrected chi connectivity index (χ4v) is 2.48. The summed E-state index contributed by atoms with van der Waals surface area (Å²) in [5, 5.41) is 9.95. The van der Waals surface area contributed by atoms with Crippen LogP contribution in [0.25, 0.3) is 0 Å². The predicted octanol–water partition coefficient (Wildman–Crippen LogP) is 2.52. The Morgan fingerprint density at radius 3 is 2.70 bits per heavy atom. The molecule has 110 valence electrons. The second kappa shape index (κ2) is 7.29. The molecule has 0 spiro atoms. The Kier molecular flexibility index (Phi) is 5.41. The molecule has 1 fully saturated rings. The lowest BCUT2D eigenvalue weighted by Crippen LogP contribution is -2.38. The maximum Gasteiger partial charge on any atom is 0.260 e. The van der Waals surface area contributed by atoms with Gasteiger partial charge in [-0.15, -0.1) is 0 Å². The molecule has 1 aromatic rings. The lowest BCUT2D eigenvalue weighted by atomic mass is 10.1. The molecule has 1 saturated heterocycles. The second-order valence-electron chi connectivity index (χ2n) is 5.19. The van der Waals surface area contributed by atoms with Crippen LogP contribution in [0.3, 0.4) is 0 Å². The van der Waals surface area contributed by atoms with Crippen LogP contribution in [0.4, 0.5) is 0 Å². The monoisotopic (exact) mass is 277 g/mol. The molecule has 2 rings (SSSR count). The number of likely N-dealkylation sites (tertiary alicyclic amines) is 1. The van der Waals surface area contributed by atoms with Gasteiger partial charge in [0.15, 0.2) is 6.61 Å². The van der Waals surface area contributed by atoms with Gasteiger partial charge in [-0.25, -0.2) is 0 Å². The summed E-state index contributed by atoms with van der Waals surface area (Å²) in [4.78, 5) is 13.9. The van der Waals surface area contributed by atoms with Crippen molar-refractivity contribution in [2.24, 2.45) is 0 Å². The summed E-state index contributed by atoms with van der Waals surface area (Å²) >= 11 is 0. The number of nitrogens with zero attached hydrogens (tertiary/aromatic N) is 1. The van der Waals surface area contributed by atoms with Gasteiger partial charge in [-0.05, 0) is 31.7 Å². The maximum absolute atomic E-state index is 12.1. The van der Waals surface area contributed by atoms with Gasteiger partial charge < -0.3 is 14.7 Å². The molecule has 0 radical (unpaired) electrons. The van der Waals surface area contributed by atoms with Crippen molar-refractivity contribution in [1.82, 2.24) is 4.90 Å². The summed E-state index contributed by atoms with van der Waals surface area (Å²) in [6.07, 6.45) is 3.45. The van der Waals surface area contributed by atoms with Crippen LogP contribution < -0.4 is 4.74 Å². The molecule has 0 aromatic heterocycles. The Morgan fingerprint density at radius 1 is 1.30 bits per heavy atom. The Balaban J connectivity index is 1.94. The third-order valence-electron chi connectivity index (χ3n) is 3.72. The van der Waals surface area contributed by atoms with Crippen molar-refractivity contribution >= 4 is 5.91 Å². The van der Waals surface area contributed by atoms with Crippen LogP contribution in [0.5, 0.6) is 5.75 Å². The van der Waals surface area contributed by atoms with E-state index in [1.807, 2.05) is 30.0 Å². The minimum Gasteiger partial charge on any atom is -0.483 e. The summed E-state index contributed by atoms with van der Waals surface area (Å²) in [6.45, 7) is 3.64. The summed E-state index contributed by atoms with van der Waals surface area (Å²) in [5.41, 5.74) is 0.751. The molecule has 1 heterocycles. The standard InChI is InChI=1S/C16H23NO3/c1-2-14(18)13-8-4-5-9-15(13)20-12-16(19)17-10-6-3-7-11-17/h4-5,8-9,14,18H,2-3,6-7,10-12H2,1H3/t14-/m1/s1. The average Bonchev–Trinajstić information content (AvgIpc) is 2.53. The quantitative estimate of drug-likeness (QED) is 0.899.